The Morgan fingerprint density at radius 3 is 2.42 bits per heavy atom. The molecule has 4 aromatic rings. The molecule has 1 aromatic heterocycles. The predicted octanol–water partition coefficient (Wildman–Crippen LogP) is 4.68. The Balaban J connectivity index is 2.26. The van der Waals surface area contributed by atoms with Crippen LogP contribution in [0.1, 0.15) is 10.4 Å². The summed E-state index contributed by atoms with van der Waals surface area (Å²) in [5.41, 5.74) is 2.23. The fraction of sp³-hybridized carbons (Fsp3) is 0.0500. The number of hydrogen-bond acceptors (Lipinski definition) is 4. The molecule has 0 saturated carbocycles. The van der Waals surface area contributed by atoms with Gasteiger partial charge in [0.15, 0.2) is 0 Å². The van der Waals surface area contributed by atoms with Crippen molar-refractivity contribution in [2.45, 2.75) is 0 Å². The lowest BCUT2D eigenvalue weighted by molar-refractivity contribution is -0.384. The first-order chi connectivity index (χ1) is 12.6. The quantitative estimate of drug-likeness (QED) is 0.331. The van der Waals surface area contributed by atoms with E-state index < -0.39 is 10.9 Å². The minimum absolute atomic E-state index is 0.143. The second-order valence-corrected chi connectivity index (χ2v) is 5.85. The number of nitro benzene ring substituents is 1. The molecular formula is C20H14N2O4. The summed E-state index contributed by atoms with van der Waals surface area (Å²) in [5, 5.41) is 13.2. The third-order valence-corrected chi connectivity index (χ3v) is 4.42. The fourth-order valence-electron chi connectivity index (χ4n) is 3.35. The third-order valence-electron chi connectivity index (χ3n) is 4.42. The topological polar surface area (TPSA) is 85.2 Å². The van der Waals surface area contributed by atoms with Crippen molar-refractivity contribution in [1.29, 1.82) is 0 Å². The molecule has 1 N–H and O–H groups in total. The Bertz CT molecular complexity index is 1160. The van der Waals surface area contributed by atoms with E-state index in [0.29, 0.717) is 16.5 Å². The van der Waals surface area contributed by atoms with Gasteiger partial charge in [0.05, 0.1) is 28.7 Å². The lowest BCUT2D eigenvalue weighted by Gasteiger charge is -2.11. The molecule has 0 aliphatic carbocycles. The molecule has 0 spiro atoms. The van der Waals surface area contributed by atoms with Crippen LogP contribution in [-0.2, 0) is 4.74 Å². The number of methoxy groups -OCH3 is 1. The minimum atomic E-state index is -0.609. The molecule has 6 nitrogen and oxygen atoms in total. The average molecular weight is 346 g/mol. The van der Waals surface area contributed by atoms with Crippen LogP contribution in [-0.4, -0.2) is 23.0 Å². The number of aromatic amines is 1. The molecule has 0 aliphatic heterocycles. The molecule has 0 unspecified atom stereocenters. The van der Waals surface area contributed by atoms with Crippen molar-refractivity contribution < 1.29 is 14.5 Å². The van der Waals surface area contributed by atoms with Gasteiger partial charge in [0, 0.05) is 22.4 Å². The van der Waals surface area contributed by atoms with Crippen molar-refractivity contribution in [2.24, 2.45) is 0 Å². The normalized spacial score (nSPS) is 11.0. The van der Waals surface area contributed by atoms with Gasteiger partial charge in [-0.3, -0.25) is 10.1 Å². The van der Waals surface area contributed by atoms with Crippen molar-refractivity contribution in [3.05, 3.63) is 76.3 Å². The van der Waals surface area contributed by atoms with Crippen molar-refractivity contribution in [2.75, 3.05) is 7.11 Å². The molecule has 0 atom stereocenters. The van der Waals surface area contributed by atoms with Crippen molar-refractivity contribution >= 4 is 33.5 Å². The molecule has 3 aromatic carbocycles. The maximum absolute atomic E-state index is 12.7. The van der Waals surface area contributed by atoms with Crippen LogP contribution in [0.3, 0.4) is 0 Å². The van der Waals surface area contributed by atoms with E-state index in [-0.39, 0.29) is 16.8 Å². The van der Waals surface area contributed by atoms with E-state index in [4.69, 9.17) is 4.74 Å². The molecule has 4 rings (SSSR count). The van der Waals surface area contributed by atoms with Gasteiger partial charge in [-0.1, -0.05) is 48.5 Å². The van der Waals surface area contributed by atoms with Gasteiger partial charge in [-0.15, -0.1) is 0 Å². The van der Waals surface area contributed by atoms with Crippen LogP contribution in [0.25, 0.3) is 32.9 Å². The lowest BCUT2D eigenvalue weighted by atomic mass is 9.93. The number of nitro groups is 1. The number of carbonyl (C=O) groups is 1. The summed E-state index contributed by atoms with van der Waals surface area (Å²) in [5.74, 6) is -0.609. The molecule has 0 radical (unpaired) electrons. The van der Waals surface area contributed by atoms with Gasteiger partial charge in [0.2, 0.25) is 0 Å². The molecule has 1 heterocycles. The Morgan fingerprint density at radius 1 is 1.04 bits per heavy atom. The molecule has 0 fully saturated rings. The Labute approximate surface area is 148 Å². The fourth-order valence-corrected chi connectivity index (χ4v) is 3.35. The molecule has 26 heavy (non-hydrogen) atoms. The number of aromatic nitrogens is 1. The van der Waals surface area contributed by atoms with Crippen molar-refractivity contribution in [1.82, 2.24) is 4.98 Å². The van der Waals surface area contributed by atoms with E-state index in [2.05, 4.69) is 4.98 Å². The zero-order valence-electron chi connectivity index (χ0n) is 13.9. The summed E-state index contributed by atoms with van der Waals surface area (Å²) in [6.07, 6.45) is 0. The van der Waals surface area contributed by atoms with Crippen LogP contribution in [0.2, 0.25) is 0 Å². The Morgan fingerprint density at radius 2 is 1.73 bits per heavy atom. The highest BCUT2D eigenvalue weighted by atomic mass is 16.6. The van der Waals surface area contributed by atoms with Gasteiger partial charge in [-0.2, -0.15) is 0 Å². The largest absolute Gasteiger partial charge is 0.465 e. The van der Waals surface area contributed by atoms with Crippen LogP contribution in [0.15, 0.2) is 60.7 Å². The maximum Gasteiger partial charge on any atom is 0.339 e. The number of esters is 1. The first-order valence-electron chi connectivity index (χ1n) is 7.97. The summed E-state index contributed by atoms with van der Waals surface area (Å²) in [7, 11) is 1.27. The number of carbonyl (C=O) groups excluding carboxylic acids is 1. The number of ether oxygens (including phenoxy) is 1. The van der Waals surface area contributed by atoms with Gasteiger partial charge in [-0.05, 0) is 11.6 Å². The lowest BCUT2D eigenvalue weighted by Crippen LogP contribution is -2.07. The summed E-state index contributed by atoms with van der Waals surface area (Å²) in [6, 6.07) is 17.8. The summed E-state index contributed by atoms with van der Waals surface area (Å²) in [6.45, 7) is 0. The van der Waals surface area contributed by atoms with Crippen LogP contribution in [0.4, 0.5) is 5.69 Å². The second kappa shape index (κ2) is 6.00. The number of rotatable bonds is 3. The van der Waals surface area contributed by atoms with E-state index in [1.165, 1.54) is 13.2 Å². The molecule has 0 aliphatic rings. The standard InChI is InChI=1S/C20H14N2O4/c1-26-20(23)19-17(12-7-3-2-4-8-12)16(22(24)25)11-15-18(19)13-9-5-6-10-14(13)21-15/h2-11,21H,1H3. The van der Waals surface area contributed by atoms with E-state index in [9.17, 15) is 14.9 Å². The van der Waals surface area contributed by atoms with Gasteiger partial charge in [-0.25, -0.2) is 4.79 Å². The second-order valence-electron chi connectivity index (χ2n) is 5.85. The summed E-state index contributed by atoms with van der Waals surface area (Å²) in [4.78, 5) is 27.1. The van der Waals surface area contributed by atoms with Gasteiger partial charge >= 0.3 is 5.97 Å². The van der Waals surface area contributed by atoms with Gasteiger partial charge in [0.25, 0.3) is 5.69 Å². The summed E-state index contributed by atoms with van der Waals surface area (Å²) >= 11 is 0. The van der Waals surface area contributed by atoms with Gasteiger partial charge in [0.1, 0.15) is 0 Å². The number of hydrogen-bond donors (Lipinski definition) is 1. The molecular weight excluding hydrogens is 332 g/mol. The number of H-pyrrole nitrogens is 1. The van der Waals surface area contributed by atoms with E-state index >= 15 is 0 Å². The maximum atomic E-state index is 12.7. The third kappa shape index (κ3) is 2.31. The Hall–Kier alpha value is -3.67. The number of para-hydroxylation sites is 1. The van der Waals surface area contributed by atoms with Gasteiger partial charge < -0.3 is 9.72 Å². The monoisotopic (exact) mass is 346 g/mol. The minimum Gasteiger partial charge on any atom is -0.465 e. The average Bonchev–Trinajstić information content (AvgIpc) is 3.04. The first kappa shape index (κ1) is 15.8. The highest BCUT2D eigenvalue weighted by Crippen LogP contribution is 2.41. The smallest absolute Gasteiger partial charge is 0.339 e. The molecule has 128 valence electrons. The van der Waals surface area contributed by atoms with Crippen LogP contribution in [0, 0.1) is 10.1 Å². The summed E-state index contributed by atoms with van der Waals surface area (Å²) < 4.78 is 4.98. The van der Waals surface area contributed by atoms with E-state index in [1.807, 2.05) is 30.3 Å². The molecule has 0 bridgehead atoms. The van der Waals surface area contributed by atoms with Crippen molar-refractivity contribution in [3.63, 3.8) is 0 Å². The highest BCUT2D eigenvalue weighted by molar-refractivity contribution is 6.21. The van der Waals surface area contributed by atoms with E-state index in [1.54, 1.807) is 24.3 Å². The zero-order valence-corrected chi connectivity index (χ0v) is 13.9. The highest BCUT2D eigenvalue weighted by Gasteiger charge is 2.28. The van der Waals surface area contributed by atoms with Crippen molar-refractivity contribution in [3.8, 4) is 11.1 Å². The predicted molar refractivity (Wildman–Crippen MR) is 99.2 cm³/mol. The van der Waals surface area contributed by atoms with E-state index in [0.717, 1.165) is 10.9 Å². The van der Waals surface area contributed by atoms with Crippen LogP contribution in [0.5, 0.6) is 0 Å². The molecule has 0 amide bonds. The number of nitrogens with one attached hydrogen (secondary N) is 1. The molecule has 6 heteroatoms. The Kier molecular flexibility index (Phi) is 3.65. The van der Waals surface area contributed by atoms with Crippen LogP contribution >= 0.6 is 0 Å². The van der Waals surface area contributed by atoms with Crippen LogP contribution < -0.4 is 0 Å². The number of fused-ring (bicyclic) bond motifs is 3. The first-order valence-corrected chi connectivity index (χ1v) is 7.97. The SMILES string of the molecule is COC(=O)c1c(-c2ccccc2)c([N+](=O)[O-])cc2[nH]c3ccccc3c12. The molecule has 0 saturated heterocycles. The number of nitrogens with zero attached hydrogens (tertiary/aromatic N) is 1. The zero-order chi connectivity index (χ0) is 18.3. The number of benzene rings is 3.